The largest absolute Gasteiger partial charge is 0.493 e. The van der Waals surface area contributed by atoms with Crippen molar-refractivity contribution in [2.45, 2.75) is 6.92 Å². The monoisotopic (exact) mass is 364 g/mol. The number of hydrogen-bond donors (Lipinski definition) is 2. The molecule has 138 valence electrons. The van der Waals surface area contributed by atoms with Gasteiger partial charge < -0.3 is 20.1 Å². The SMILES string of the molecule is COc1ccc(NC(=O)c2ccnc(Nc3ccc(C)cc3)n2)cc1OC. The van der Waals surface area contributed by atoms with Crippen molar-refractivity contribution in [3.63, 3.8) is 0 Å². The van der Waals surface area contributed by atoms with Gasteiger partial charge in [-0.2, -0.15) is 0 Å². The van der Waals surface area contributed by atoms with E-state index >= 15 is 0 Å². The van der Waals surface area contributed by atoms with Gasteiger partial charge in [0.15, 0.2) is 11.5 Å². The van der Waals surface area contributed by atoms with Crippen LogP contribution in [0.3, 0.4) is 0 Å². The summed E-state index contributed by atoms with van der Waals surface area (Å²) in [6.07, 6.45) is 1.53. The second kappa shape index (κ2) is 8.18. The minimum absolute atomic E-state index is 0.245. The summed E-state index contributed by atoms with van der Waals surface area (Å²) in [6, 6.07) is 14.5. The normalized spacial score (nSPS) is 10.2. The molecule has 27 heavy (non-hydrogen) atoms. The Balaban J connectivity index is 1.74. The summed E-state index contributed by atoms with van der Waals surface area (Å²) in [5.41, 5.74) is 2.82. The first-order valence-electron chi connectivity index (χ1n) is 8.29. The van der Waals surface area contributed by atoms with Crippen LogP contribution in [0.4, 0.5) is 17.3 Å². The van der Waals surface area contributed by atoms with Gasteiger partial charge in [0.05, 0.1) is 14.2 Å². The lowest BCUT2D eigenvalue weighted by Crippen LogP contribution is -2.14. The zero-order valence-corrected chi connectivity index (χ0v) is 15.3. The van der Waals surface area contributed by atoms with Crippen molar-refractivity contribution in [3.8, 4) is 11.5 Å². The Morgan fingerprint density at radius 2 is 1.63 bits per heavy atom. The Hall–Kier alpha value is -3.61. The van der Waals surface area contributed by atoms with Gasteiger partial charge in [-0.25, -0.2) is 9.97 Å². The Bertz CT molecular complexity index is 942. The first kappa shape index (κ1) is 18.2. The molecule has 7 nitrogen and oxygen atoms in total. The highest BCUT2D eigenvalue weighted by Crippen LogP contribution is 2.29. The zero-order chi connectivity index (χ0) is 19.2. The summed E-state index contributed by atoms with van der Waals surface area (Å²) < 4.78 is 10.4. The third kappa shape index (κ3) is 4.52. The van der Waals surface area contributed by atoms with E-state index in [0.29, 0.717) is 23.1 Å². The summed E-state index contributed by atoms with van der Waals surface area (Å²) in [6.45, 7) is 2.01. The van der Waals surface area contributed by atoms with E-state index in [0.717, 1.165) is 11.3 Å². The van der Waals surface area contributed by atoms with Crippen molar-refractivity contribution in [2.24, 2.45) is 0 Å². The van der Waals surface area contributed by atoms with Gasteiger partial charge in [-0.05, 0) is 37.3 Å². The molecule has 0 aliphatic carbocycles. The number of aryl methyl sites for hydroxylation is 1. The molecule has 0 unspecified atom stereocenters. The molecule has 0 bridgehead atoms. The molecule has 0 radical (unpaired) electrons. The van der Waals surface area contributed by atoms with Gasteiger partial charge in [0.2, 0.25) is 5.95 Å². The molecule has 1 heterocycles. The highest BCUT2D eigenvalue weighted by Gasteiger charge is 2.11. The van der Waals surface area contributed by atoms with E-state index in [2.05, 4.69) is 20.6 Å². The van der Waals surface area contributed by atoms with Crippen LogP contribution < -0.4 is 20.1 Å². The molecule has 7 heteroatoms. The molecule has 3 rings (SSSR count). The van der Waals surface area contributed by atoms with E-state index < -0.39 is 0 Å². The molecular weight excluding hydrogens is 344 g/mol. The van der Waals surface area contributed by atoms with Crippen LogP contribution in [0, 0.1) is 6.92 Å². The third-order valence-corrected chi connectivity index (χ3v) is 3.84. The van der Waals surface area contributed by atoms with Crippen molar-refractivity contribution >= 4 is 23.2 Å². The van der Waals surface area contributed by atoms with Gasteiger partial charge >= 0.3 is 0 Å². The Morgan fingerprint density at radius 1 is 0.926 bits per heavy atom. The van der Waals surface area contributed by atoms with Crippen molar-refractivity contribution in [3.05, 3.63) is 66.0 Å². The first-order valence-corrected chi connectivity index (χ1v) is 8.29. The summed E-state index contributed by atoms with van der Waals surface area (Å²) in [5.74, 6) is 1.11. The maximum Gasteiger partial charge on any atom is 0.274 e. The lowest BCUT2D eigenvalue weighted by molar-refractivity contribution is 0.102. The van der Waals surface area contributed by atoms with Crippen molar-refractivity contribution in [1.29, 1.82) is 0 Å². The maximum atomic E-state index is 12.5. The number of carbonyl (C=O) groups is 1. The van der Waals surface area contributed by atoms with Crippen LogP contribution >= 0.6 is 0 Å². The number of anilines is 3. The molecule has 3 aromatic rings. The van der Waals surface area contributed by atoms with Crippen LogP contribution in [0.5, 0.6) is 11.5 Å². The number of rotatable bonds is 6. The number of nitrogens with zero attached hydrogens (tertiary/aromatic N) is 2. The van der Waals surface area contributed by atoms with Crippen LogP contribution in [0.15, 0.2) is 54.7 Å². The van der Waals surface area contributed by atoms with E-state index in [1.807, 2.05) is 31.2 Å². The highest BCUT2D eigenvalue weighted by atomic mass is 16.5. The van der Waals surface area contributed by atoms with Gasteiger partial charge in [0.1, 0.15) is 5.69 Å². The second-order valence-electron chi connectivity index (χ2n) is 5.78. The van der Waals surface area contributed by atoms with Crippen LogP contribution in [0.1, 0.15) is 16.1 Å². The van der Waals surface area contributed by atoms with Crippen molar-refractivity contribution < 1.29 is 14.3 Å². The smallest absolute Gasteiger partial charge is 0.274 e. The Kier molecular flexibility index (Phi) is 5.51. The van der Waals surface area contributed by atoms with Gasteiger partial charge in [-0.15, -0.1) is 0 Å². The molecule has 0 aliphatic rings. The van der Waals surface area contributed by atoms with E-state index in [1.165, 1.54) is 13.3 Å². The van der Waals surface area contributed by atoms with Crippen molar-refractivity contribution in [2.75, 3.05) is 24.9 Å². The molecule has 1 aromatic heterocycles. The fraction of sp³-hybridized carbons (Fsp3) is 0.150. The molecule has 0 atom stereocenters. The summed E-state index contributed by atoms with van der Waals surface area (Å²) in [5, 5.41) is 5.88. The fourth-order valence-corrected chi connectivity index (χ4v) is 2.42. The number of methoxy groups -OCH3 is 2. The number of carbonyl (C=O) groups excluding carboxylic acids is 1. The molecule has 2 aromatic carbocycles. The number of amides is 1. The van der Waals surface area contributed by atoms with Crippen molar-refractivity contribution in [1.82, 2.24) is 9.97 Å². The number of hydrogen-bond acceptors (Lipinski definition) is 6. The Morgan fingerprint density at radius 3 is 2.33 bits per heavy atom. The number of benzene rings is 2. The van der Waals surface area contributed by atoms with Crippen LogP contribution in [-0.2, 0) is 0 Å². The summed E-state index contributed by atoms with van der Waals surface area (Å²) in [7, 11) is 3.09. The minimum atomic E-state index is -0.350. The third-order valence-electron chi connectivity index (χ3n) is 3.84. The molecule has 2 N–H and O–H groups in total. The summed E-state index contributed by atoms with van der Waals surface area (Å²) in [4.78, 5) is 20.9. The maximum absolute atomic E-state index is 12.5. The lowest BCUT2D eigenvalue weighted by atomic mass is 10.2. The van der Waals surface area contributed by atoms with Gasteiger partial charge in [-0.1, -0.05) is 17.7 Å². The van der Waals surface area contributed by atoms with Gasteiger partial charge in [0.25, 0.3) is 5.91 Å². The standard InChI is InChI=1S/C20H20N4O3/c1-13-4-6-14(7-5-13)23-20-21-11-10-16(24-20)19(25)22-15-8-9-17(26-2)18(12-15)27-3/h4-12H,1-3H3,(H,22,25)(H,21,23,24). The van der Waals surface area contributed by atoms with E-state index in [-0.39, 0.29) is 11.6 Å². The molecule has 0 saturated carbocycles. The van der Waals surface area contributed by atoms with E-state index in [4.69, 9.17) is 9.47 Å². The van der Waals surface area contributed by atoms with Crippen LogP contribution in [-0.4, -0.2) is 30.1 Å². The molecule has 0 aliphatic heterocycles. The molecule has 0 fully saturated rings. The Labute approximate surface area is 157 Å². The first-order chi connectivity index (χ1) is 13.1. The molecular formula is C20H20N4O3. The van der Waals surface area contributed by atoms with Crippen LogP contribution in [0.25, 0.3) is 0 Å². The fourth-order valence-electron chi connectivity index (χ4n) is 2.42. The molecule has 0 spiro atoms. The number of nitrogens with one attached hydrogen (secondary N) is 2. The molecule has 0 saturated heterocycles. The zero-order valence-electron chi connectivity index (χ0n) is 15.3. The lowest BCUT2D eigenvalue weighted by Gasteiger charge is -2.11. The van der Waals surface area contributed by atoms with E-state index in [9.17, 15) is 4.79 Å². The average Bonchev–Trinajstić information content (AvgIpc) is 2.70. The average molecular weight is 364 g/mol. The highest BCUT2D eigenvalue weighted by molar-refractivity contribution is 6.03. The summed E-state index contributed by atoms with van der Waals surface area (Å²) >= 11 is 0. The quantitative estimate of drug-likeness (QED) is 0.692. The number of aromatic nitrogens is 2. The van der Waals surface area contributed by atoms with E-state index in [1.54, 1.807) is 31.4 Å². The van der Waals surface area contributed by atoms with Gasteiger partial charge in [0, 0.05) is 23.6 Å². The predicted molar refractivity (Wildman–Crippen MR) is 104 cm³/mol. The number of ether oxygens (including phenoxy) is 2. The van der Waals surface area contributed by atoms with Gasteiger partial charge in [-0.3, -0.25) is 4.79 Å². The molecule has 1 amide bonds. The second-order valence-corrected chi connectivity index (χ2v) is 5.78. The minimum Gasteiger partial charge on any atom is -0.493 e. The topological polar surface area (TPSA) is 85.4 Å². The van der Waals surface area contributed by atoms with Crippen LogP contribution in [0.2, 0.25) is 0 Å². The predicted octanol–water partition coefficient (Wildman–Crippen LogP) is 3.80.